The molecule has 1 saturated heterocycles. The molecule has 2 bridgehead atoms. The Bertz CT molecular complexity index is 522. The molecule has 2 N–H and O–H groups in total. The number of nitrogens with two attached hydrogens (primary N) is 1. The van der Waals surface area contributed by atoms with Gasteiger partial charge >= 0.3 is 0 Å². The van der Waals surface area contributed by atoms with Crippen LogP contribution < -0.4 is 5.73 Å². The van der Waals surface area contributed by atoms with Gasteiger partial charge in [0.15, 0.2) is 0 Å². The lowest BCUT2D eigenvalue weighted by molar-refractivity contribution is -0.145. The number of rotatable bonds is 2. The van der Waals surface area contributed by atoms with E-state index in [1.807, 2.05) is 4.90 Å². The van der Waals surface area contributed by atoms with Gasteiger partial charge in [-0.25, -0.2) is 0 Å². The van der Waals surface area contributed by atoms with Crippen molar-refractivity contribution in [3.63, 3.8) is 0 Å². The van der Waals surface area contributed by atoms with Crippen molar-refractivity contribution in [3.05, 3.63) is 22.4 Å². The van der Waals surface area contributed by atoms with Gasteiger partial charge < -0.3 is 15.4 Å². The number of ether oxygens (including phenoxy) is 1. The zero-order valence-electron chi connectivity index (χ0n) is 12.5. The second-order valence-corrected chi connectivity index (χ2v) is 7.42. The highest BCUT2D eigenvalue weighted by molar-refractivity contribution is 7.07. The Balaban J connectivity index is 0.00000144. The van der Waals surface area contributed by atoms with Crippen LogP contribution in [0.25, 0.3) is 0 Å². The molecule has 6 heteroatoms. The lowest BCUT2D eigenvalue weighted by Crippen LogP contribution is -2.50. The predicted octanol–water partition coefficient (Wildman–Crippen LogP) is 2.44. The van der Waals surface area contributed by atoms with E-state index in [1.165, 1.54) is 18.4 Å². The molecule has 3 fully saturated rings. The fraction of sp³-hybridized carbons (Fsp3) is 0.688. The van der Waals surface area contributed by atoms with Crippen molar-refractivity contribution in [2.45, 2.75) is 31.4 Å². The van der Waals surface area contributed by atoms with E-state index >= 15 is 0 Å². The van der Waals surface area contributed by atoms with E-state index in [0.717, 1.165) is 6.42 Å². The van der Waals surface area contributed by atoms with Crippen LogP contribution in [-0.2, 0) is 9.53 Å². The van der Waals surface area contributed by atoms with Crippen molar-refractivity contribution in [1.82, 2.24) is 4.90 Å². The Morgan fingerprint density at radius 2 is 2.18 bits per heavy atom. The number of hydrogen-bond acceptors (Lipinski definition) is 4. The van der Waals surface area contributed by atoms with E-state index in [2.05, 4.69) is 16.8 Å². The van der Waals surface area contributed by atoms with Crippen molar-refractivity contribution in [2.24, 2.45) is 23.5 Å². The number of hydrogen-bond donors (Lipinski definition) is 1. The van der Waals surface area contributed by atoms with Crippen molar-refractivity contribution in [1.29, 1.82) is 0 Å². The molecule has 2 heterocycles. The Morgan fingerprint density at radius 1 is 1.36 bits per heavy atom. The van der Waals surface area contributed by atoms with E-state index in [4.69, 9.17) is 10.5 Å². The third-order valence-corrected chi connectivity index (χ3v) is 6.26. The molecule has 122 valence electrons. The molecule has 0 radical (unpaired) electrons. The number of carbonyl (C=O) groups is 1. The highest BCUT2D eigenvalue weighted by Gasteiger charge is 2.50. The standard InChI is InChI=1S/C16H22N2O2S.ClH/c17-15-11-2-1-10(7-11)14(15)16(19)18-4-5-20-13(8-18)12-3-6-21-9-12;/h3,6,9-11,13-15H,1-2,4-5,7-8,17H2;1H. The first-order valence-corrected chi connectivity index (χ1v) is 8.86. The van der Waals surface area contributed by atoms with Crippen LogP contribution in [0.15, 0.2) is 16.8 Å². The molecule has 1 amide bonds. The number of halogens is 1. The van der Waals surface area contributed by atoms with E-state index < -0.39 is 0 Å². The summed E-state index contributed by atoms with van der Waals surface area (Å²) in [5.74, 6) is 1.45. The zero-order chi connectivity index (χ0) is 14.4. The maximum absolute atomic E-state index is 12.9. The lowest BCUT2D eigenvalue weighted by Gasteiger charge is -2.37. The van der Waals surface area contributed by atoms with Crippen LogP contribution in [-0.4, -0.2) is 36.5 Å². The van der Waals surface area contributed by atoms with E-state index in [9.17, 15) is 4.79 Å². The zero-order valence-corrected chi connectivity index (χ0v) is 14.2. The predicted molar refractivity (Wildman–Crippen MR) is 89.1 cm³/mol. The van der Waals surface area contributed by atoms with Gasteiger partial charge in [0.1, 0.15) is 6.10 Å². The average Bonchev–Trinajstić information content (AvgIpc) is 3.24. The molecule has 0 aromatic carbocycles. The molecule has 2 saturated carbocycles. The molecule has 1 aromatic rings. The topological polar surface area (TPSA) is 55.6 Å². The number of morpholine rings is 1. The van der Waals surface area contributed by atoms with Crippen molar-refractivity contribution < 1.29 is 9.53 Å². The average molecular weight is 343 g/mol. The summed E-state index contributed by atoms with van der Waals surface area (Å²) < 4.78 is 5.84. The van der Waals surface area contributed by atoms with Gasteiger partial charge in [0.25, 0.3) is 0 Å². The second kappa shape index (κ2) is 6.48. The monoisotopic (exact) mass is 342 g/mol. The molecule has 1 aromatic heterocycles. The first kappa shape index (κ1) is 16.2. The number of carbonyl (C=O) groups excluding carboxylic acids is 1. The summed E-state index contributed by atoms with van der Waals surface area (Å²) in [6, 6.07) is 2.17. The van der Waals surface area contributed by atoms with Crippen LogP contribution in [0, 0.1) is 17.8 Å². The number of nitrogens with zero attached hydrogens (tertiary/aromatic N) is 1. The Kier molecular flexibility index (Phi) is 4.78. The van der Waals surface area contributed by atoms with Gasteiger partial charge in [-0.2, -0.15) is 11.3 Å². The lowest BCUT2D eigenvalue weighted by atomic mass is 9.84. The molecule has 3 aliphatic rings. The van der Waals surface area contributed by atoms with Gasteiger partial charge in [-0.1, -0.05) is 0 Å². The first-order valence-electron chi connectivity index (χ1n) is 7.92. The molecule has 4 rings (SSSR count). The van der Waals surface area contributed by atoms with Gasteiger partial charge in [-0.3, -0.25) is 4.79 Å². The van der Waals surface area contributed by atoms with Gasteiger partial charge in [0, 0.05) is 12.6 Å². The van der Waals surface area contributed by atoms with Crippen LogP contribution in [0.2, 0.25) is 0 Å². The summed E-state index contributed by atoms with van der Waals surface area (Å²) >= 11 is 1.67. The van der Waals surface area contributed by atoms with Crippen LogP contribution in [0.5, 0.6) is 0 Å². The summed E-state index contributed by atoms with van der Waals surface area (Å²) in [4.78, 5) is 14.9. The van der Waals surface area contributed by atoms with Crippen molar-refractivity contribution >= 4 is 29.7 Å². The van der Waals surface area contributed by atoms with Crippen LogP contribution in [0.3, 0.4) is 0 Å². The summed E-state index contributed by atoms with van der Waals surface area (Å²) in [5, 5.41) is 4.17. The maximum Gasteiger partial charge on any atom is 0.227 e. The third kappa shape index (κ3) is 2.68. The number of fused-ring (bicyclic) bond motifs is 2. The van der Waals surface area contributed by atoms with Gasteiger partial charge in [-0.15, -0.1) is 12.4 Å². The summed E-state index contributed by atoms with van der Waals surface area (Å²) in [6.07, 6.45) is 3.60. The molecular weight excluding hydrogens is 320 g/mol. The molecule has 0 spiro atoms. The van der Waals surface area contributed by atoms with Gasteiger partial charge in [0.2, 0.25) is 5.91 Å². The summed E-state index contributed by atoms with van der Waals surface area (Å²) in [7, 11) is 0. The molecule has 2 aliphatic carbocycles. The fourth-order valence-corrected chi connectivity index (χ4v) is 5.12. The second-order valence-electron chi connectivity index (χ2n) is 6.64. The minimum absolute atomic E-state index is 0. The Hall–Kier alpha value is -0.620. The van der Waals surface area contributed by atoms with Crippen molar-refractivity contribution in [3.8, 4) is 0 Å². The molecule has 1 aliphatic heterocycles. The molecule has 4 nitrogen and oxygen atoms in total. The molecule has 22 heavy (non-hydrogen) atoms. The minimum atomic E-state index is 0. The van der Waals surface area contributed by atoms with E-state index in [0.29, 0.717) is 31.5 Å². The smallest absolute Gasteiger partial charge is 0.227 e. The molecule has 5 unspecified atom stereocenters. The summed E-state index contributed by atoms with van der Waals surface area (Å²) in [5.41, 5.74) is 7.51. The van der Waals surface area contributed by atoms with Crippen LogP contribution >= 0.6 is 23.7 Å². The SMILES string of the molecule is Cl.NC1C2CCC(C2)C1C(=O)N1CCOC(c2ccsc2)C1. The highest BCUT2D eigenvalue weighted by Crippen LogP contribution is 2.48. The normalized spacial score (nSPS) is 37.1. The number of amides is 1. The number of thiophene rings is 1. The van der Waals surface area contributed by atoms with Gasteiger partial charge in [-0.05, 0) is 53.5 Å². The third-order valence-electron chi connectivity index (χ3n) is 5.56. The summed E-state index contributed by atoms with van der Waals surface area (Å²) in [6.45, 7) is 2.01. The minimum Gasteiger partial charge on any atom is -0.370 e. The fourth-order valence-electron chi connectivity index (χ4n) is 4.42. The molecule has 5 atom stereocenters. The quantitative estimate of drug-likeness (QED) is 0.898. The van der Waals surface area contributed by atoms with Gasteiger partial charge in [0.05, 0.1) is 19.1 Å². The van der Waals surface area contributed by atoms with E-state index in [-0.39, 0.29) is 36.4 Å². The van der Waals surface area contributed by atoms with E-state index in [1.54, 1.807) is 11.3 Å². The van der Waals surface area contributed by atoms with Crippen LogP contribution in [0.4, 0.5) is 0 Å². The largest absolute Gasteiger partial charge is 0.370 e. The Labute approximate surface area is 141 Å². The molecular formula is C16H23ClN2O2S. The highest BCUT2D eigenvalue weighted by atomic mass is 35.5. The Morgan fingerprint density at radius 3 is 2.86 bits per heavy atom. The maximum atomic E-state index is 12.9. The first-order chi connectivity index (χ1) is 10.2. The van der Waals surface area contributed by atoms with Crippen molar-refractivity contribution in [2.75, 3.05) is 19.7 Å². The van der Waals surface area contributed by atoms with Crippen LogP contribution in [0.1, 0.15) is 30.9 Å².